The molecule has 3 rings (SSSR count). The van der Waals surface area contributed by atoms with Crippen LogP contribution in [0.15, 0.2) is 41.5 Å². The van der Waals surface area contributed by atoms with Crippen LogP contribution >= 0.6 is 24.0 Å². The van der Waals surface area contributed by atoms with E-state index in [-0.39, 0.29) is 29.8 Å². The highest BCUT2D eigenvalue weighted by Crippen LogP contribution is 2.21. The van der Waals surface area contributed by atoms with E-state index in [1.807, 2.05) is 48.3 Å². The molecule has 28 heavy (non-hydrogen) atoms. The minimum Gasteiger partial charge on any atom is -0.378 e. The number of rotatable bonds is 5. The Morgan fingerprint density at radius 3 is 2.64 bits per heavy atom. The molecule has 8 heteroatoms. The number of halogens is 2. The maximum atomic E-state index is 14.5. The lowest BCUT2D eigenvalue weighted by Crippen LogP contribution is -2.38. The number of guanidine groups is 1. The van der Waals surface area contributed by atoms with E-state index in [1.165, 1.54) is 5.69 Å². The van der Waals surface area contributed by atoms with E-state index in [9.17, 15) is 4.39 Å². The minimum atomic E-state index is -0.191. The molecular formula is C20H29FIN5O. The van der Waals surface area contributed by atoms with Crippen LogP contribution in [0.3, 0.4) is 0 Å². The van der Waals surface area contributed by atoms with Gasteiger partial charge in [-0.2, -0.15) is 0 Å². The van der Waals surface area contributed by atoms with Crippen LogP contribution in [0, 0.1) is 5.82 Å². The van der Waals surface area contributed by atoms with Gasteiger partial charge in [0.15, 0.2) is 5.96 Å². The molecular weight excluding hydrogens is 472 g/mol. The number of morpholine rings is 1. The van der Waals surface area contributed by atoms with Gasteiger partial charge in [-0.15, -0.1) is 24.0 Å². The standard InChI is InChI=1S/C20H28FN5O.HI/c1-22-20(25(3)15-17-5-4-8-24(17)2)23-14-16-6-7-19(18(21)13-16)26-9-11-27-12-10-26;/h4-8,13H,9-12,14-15H2,1-3H3,(H,22,23);1H. The first-order chi connectivity index (χ1) is 13.1. The third-order valence-electron chi connectivity index (χ3n) is 4.84. The molecule has 1 aromatic heterocycles. The number of hydrogen-bond acceptors (Lipinski definition) is 3. The quantitative estimate of drug-likeness (QED) is 0.389. The maximum Gasteiger partial charge on any atom is 0.194 e. The predicted molar refractivity (Wildman–Crippen MR) is 122 cm³/mol. The first kappa shape index (κ1) is 22.5. The van der Waals surface area contributed by atoms with Crippen molar-refractivity contribution in [1.82, 2.24) is 14.8 Å². The predicted octanol–water partition coefficient (Wildman–Crippen LogP) is 2.83. The molecule has 2 aromatic rings. The van der Waals surface area contributed by atoms with Gasteiger partial charge < -0.3 is 24.4 Å². The molecule has 1 N–H and O–H groups in total. The van der Waals surface area contributed by atoms with Crippen LogP contribution in [0.2, 0.25) is 0 Å². The number of anilines is 1. The van der Waals surface area contributed by atoms with Crippen molar-refractivity contribution in [1.29, 1.82) is 0 Å². The van der Waals surface area contributed by atoms with Gasteiger partial charge in [-0.25, -0.2) is 4.39 Å². The second-order valence-electron chi connectivity index (χ2n) is 6.75. The fourth-order valence-corrected chi connectivity index (χ4v) is 3.27. The molecule has 0 unspecified atom stereocenters. The number of nitrogens with one attached hydrogen (secondary N) is 1. The van der Waals surface area contributed by atoms with E-state index in [1.54, 1.807) is 13.1 Å². The van der Waals surface area contributed by atoms with E-state index < -0.39 is 0 Å². The van der Waals surface area contributed by atoms with Crippen molar-refractivity contribution in [2.75, 3.05) is 45.3 Å². The summed E-state index contributed by atoms with van der Waals surface area (Å²) < 4.78 is 22.0. The van der Waals surface area contributed by atoms with E-state index >= 15 is 0 Å². The smallest absolute Gasteiger partial charge is 0.194 e. The summed E-state index contributed by atoms with van der Waals surface area (Å²) in [6.45, 7) is 4.01. The molecule has 0 saturated carbocycles. The normalized spacial score (nSPS) is 14.6. The zero-order valence-corrected chi connectivity index (χ0v) is 19.0. The van der Waals surface area contributed by atoms with Gasteiger partial charge in [0.1, 0.15) is 5.82 Å². The zero-order valence-electron chi connectivity index (χ0n) is 16.7. The lowest BCUT2D eigenvalue weighted by Gasteiger charge is -2.29. The fourth-order valence-electron chi connectivity index (χ4n) is 3.27. The number of aliphatic imine (C=N–C) groups is 1. The fraction of sp³-hybridized carbons (Fsp3) is 0.450. The van der Waals surface area contributed by atoms with Crippen LogP contribution in [-0.2, 0) is 24.9 Å². The molecule has 154 valence electrons. The Hall–Kier alpha value is -1.81. The third kappa shape index (κ3) is 5.60. The lowest BCUT2D eigenvalue weighted by molar-refractivity contribution is 0.122. The SMILES string of the molecule is CN=C(NCc1ccc(N2CCOCC2)c(F)c1)N(C)Cc1cccn1C.I. The highest BCUT2D eigenvalue weighted by atomic mass is 127. The average Bonchev–Trinajstić information content (AvgIpc) is 3.07. The van der Waals surface area contributed by atoms with E-state index in [0.29, 0.717) is 25.4 Å². The molecule has 0 aliphatic carbocycles. The highest BCUT2D eigenvalue weighted by molar-refractivity contribution is 14.0. The monoisotopic (exact) mass is 501 g/mol. The first-order valence-corrected chi connectivity index (χ1v) is 9.21. The van der Waals surface area contributed by atoms with E-state index in [4.69, 9.17) is 4.74 Å². The topological polar surface area (TPSA) is 45.0 Å². The number of nitrogens with zero attached hydrogens (tertiary/aromatic N) is 4. The summed E-state index contributed by atoms with van der Waals surface area (Å²) in [5.41, 5.74) is 2.73. The van der Waals surface area contributed by atoms with Crippen LogP contribution in [-0.4, -0.2) is 55.8 Å². The molecule has 1 saturated heterocycles. The van der Waals surface area contributed by atoms with Crippen molar-refractivity contribution < 1.29 is 9.13 Å². The Balaban J connectivity index is 0.00000280. The van der Waals surface area contributed by atoms with Gasteiger partial charge >= 0.3 is 0 Å². The molecule has 1 aromatic carbocycles. The molecule has 1 fully saturated rings. The summed E-state index contributed by atoms with van der Waals surface area (Å²) in [5, 5.41) is 3.31. The van der Waals surface area contributed by atoms with E-state index in [2.05, 4.69) is 20.9 Å². The molecule has 2 heterocycles. The molecule has 1 aliphatic heterocycles. The third-order valence-corrected chi connectivity index (χ3v) is 4.84. The Morgan fingerprint density at radius 1 is 1.29 bits per heavy atom. The zero-order chi connectivity index (χ0) is 19.2. The van der Waals surface area contributed by atoms with Crippen LogP contribution in [0.5, 0.6) is 0 Å². The Morgan fingerprint density at radius 2 is 2.04 bits per heavy atom. The van der Waals surface area contributed by atoms with Crippen molar-refractivity contribution in [2.24, 2.45) is 12.0 Å². The van der Waals surface area contributed by atoms with Gasteiger partial charge in [0.25, 0.3) is 0 Å². The largest absolute Gasteiger partial charge is 0.378 e. The van der Waals surface area contributed by atoms with Gasteiger partial charge in [0.05, 0.1) is 25.4 Å². The molecule has 0 spiro atoms. The molecule has 0 bridgehead atoms. The van der Waals surface area contributed by atoms with Gasteiger partial charge in [-0.05, 0) is 29.8 Å². The number of hydrogen-bond donors (Lipinski definition) is 1. The summed E-state index contributed by atoms with van der Waals surface area (Å²) in [7, 11) is 5.77. The molecule has 0 amide bonds. The van der Waals surface area contributed by atoms with E-state index in [0.717, 1.165) is 31.2 Å². The van der Waals surface area contributed by atoms with Gasteiger partial charge in [0, 0.05) is 52.7 Å². The van der Waals surface area contributed by atoms with Crippen LogP contribution in [0.1, 0.15) is 11.3 Å². The number of benzene rings is 1. The lowest BCUT2D eigenvalue weighted by atomic mass is 10.1. The Bertz CT molecular complexity index is 789. The number of ether oxygens (including phenoxy) is 1. The van der Waals surface area contributed by atoms with Crippen molar-refractivity contribution in [3.05, 3.63) is 53.6 Å². The second-order valence-corrected chi connectivity index (χ2v) is 6.75. The second kappa shape index (κ2) is 10.7. The van der Waals surface area contributed by atoms with Gasteiger partial charge in [0.2, 0.25) is 0 Å². The molecule has 6 nitrogen and oxygen atoms in total. The van der Waals surface area contributed by atoms with Crippen LogP contribution in [0.25, 0.3) is 0 Å². The summed E-state index contributed by atoms with van der Waals surface area (Å²) in [5.74, 6) is 0.581. The van der Waals surface area contributed by atoms with Crippen LogP contribution < -0.4 is 10.2 Å². The van der Waals surface area contributed by atoms with Gasteiger partial charge in [-0.3, -0.25) is 4.99 Å². The molecule has 1 aliphatic rings. The minimum absolute atomic E-state index is 0. The average molecular weight is 501 g/mol. The highest BCUT2D eigenvalue weighted by Gasteiger charge is 2.15. The summed E-state index contributed by atoms with van der Waals surface area (Å²) in [6.07, 6.45) is 2.03. The van der Waals surface area contributed by atoms with Crippen LogP contribution in [0.4, 0.5) is 10.1 Å². The van der Waals surface area contributed by atoms with Gasteiger partial charge in [-0.1, -0.05) is 6.07 Å². The van der Waals surface area contributed by atoms with Crippen molar-refractivity contribution in [3.8, 4) is 0 Å². The number of aryl methyl sites for hydroxylation is 1. The Labute approximate surface area is 183 Å². The van der Waals surface area contributed by atoms with Crippen molar-refractivity contribution in [2.45, 2.75) is 13.1 Å². The van der Waals surface area contributed by atoms with Crippen molar-refractivity contribution >= 4 is 35.6 Å². The number of aromatic nitrogens is 1. The molecule has 0 radical (unpaired) electrons. The summed E-state index contributed by atoms with van der Waals surface area (Å²) in [6, 6.07) is 9.53. The van der Waals surface area contributed by atoms with Crippen molar-refractivity contribution in [3.63, 3.8) is 0 Å². The summed E-state index contributed by atoms with van der Waals surface area (Å²) >= 11 is 0. The Kier molecular flexibility index (Phi) is 8.56. The maximum absolute atomic E-state index is 14.5. The summed E-state index contributed by atoms with van der Waals surface area (Å²) in [4.78, 5) is 8.41. The molecule has 0 atom stereocenters. The first-order valence-electron chi connectivity index (χ1n) is 9.21.